The fourth-order valence-electron chi connectivity index (χ4n) is 2.54. The van der Waals surface area contributed by atoms with Gasteiger partial charge < -0.3 is 10.1 Å². The van der Waals surface area contributed by atoms with E-state index in [0.29, 0.717) is 24.8 Å². The highest BCUT2D eigenvalue weighted by Crippen LogP contribution is 2.21. The molecule has 3 rings (SSSR count). The lowest BCUT2D eigenvalue weighted by molar-refractivity contribution is -0.119. The summed E-state index contributed by atoms with van der Waals surface area (Å²) in [5.41, 5.74) is 0.968. The first-order valence-electron chi connectivity index (χ1n) is 7.65. The minimum absolute atomic E-state index is 0.0292. The Kier molecular flexibility index (Phi) is 5.04. The fourth-order valence-corrected chi connectivity index (χ4v) is 3.37. The van der Waals surface area contributed by atoms with Crippen LogP contribution in [0.4, 0.5) is 5.13 Å². The monoisotopic (exact) mass is 335 g/mol. The quantitative estimate of drug-likeness (QED) is 0.891. The van der Waals surface area contributed by atoms with Gasteiger partial charge in [0.05, 0.1) is 31.5 Å². The largest absolute Gasteiger partial charge is 0.374 e. The summed E-state index contributed by atoms with van der Waals surface area (Å²) in [6.07, 6.45) is 3.73. The van der Waals surface area contributed by atoms with E-state index in [1.54, 1.807) is 6.20 Å². The number of rotatable bonds is 5. The van der Waals surface area contributed by atoms with Crippen LogP contribution >= 0.6 is 11.3 Å². The minimum Gasteiger partial charge on any atom is -0.374 e. The van der Waals surface area contributed by atoms with Crippen LogP contribution in [0.25, 0.3) is 0 Å². The van der Waals surface area contributed by atoms with E-state index in [2.05, 4.69) is 20.3 Å². The van der Waals surface area contributed by atoms with Gasteiger partial charge in [0.1, 0.15) is 0 Å². The Hall–Kier alpha value is -1.77. The van der Waals surface area contributed by atoms with Crippen molar-refractivity contribution >= 4 is 22.4 Å². The van der Waals surface area contributed by atoms with E-state index in [0.717, 1.165) is 23.7 Å². The van der Waals surface area contributed by atoms with Crippen LogP contribution in [0, 0.1) is 13.8 Å². The molecule has 8 heteroatoms. The number of ether oxygens (including phenoxy) is 1. The van der Waals surface area contributed by atoms with Crippen LogP contribution in [-0.4, -0.2) is 57.9 Å². The van der Waals surface area contributed by atoms with Crippen LogP contribution in [0.5, 0.6) is 0 Å². The molecule has 0 bridgehead atoms. The second-order valence-corrected chi connectivity index (χ2v) is 6.87. The number of anilines is 1. The van der Waals surface area contributed by atoms with Crippen molar-refractivity contribution in [1.82, 2.24) is 19.7 Å². The van der Waals surface area contributed by atoms with Gasteiger partial charge in [0.15, 0.2) is 5.13 Å². The van der Waals surface area contributed by atoms with Gasteiger partial charge in [-0.3, -0.25) is 14.4 Å². The highest BCUT2D eigenvalue weighted by Gasteiger charge is 2.23. The molecule has 1 aliphatic heterocycles. The summed E-state index contributed by atoms with van der Waals surface area (Å²) in [6, 6.07) is 1.89. The highest BCUT2D eigenvalue weighted by molar-refractivity contribution is 7.15. The van der Waals surface area contributed by atoms with E-state index >= 15 is 0 Å². The van der Waals surface area contributed by atoms with Gasteiger partial charge in [-0.1, -0.05) is 0 Å². The van der Waals surface area contributed by atoms with Gasteiger partial charge in [0.25, 0.3) is 0 Å². The molecule has 0 unspecified atom stereocenters. The molecule has 0 radical (unpaired) electrons. The average Bonchev–Trinajstić information content (AvgIpc) is 3.10. The molecule has 2 aromatic rings. The minimum atomic E-state index is -0.0292. The SMILES string of the molecule is Cc1nc(NC(=O)CN2CCO[C@H](Cn3cccn3)C2)sc1C. The molecule has 0 saturated carbocycles. The smallest absolute Gasteiger partial charge is 0.240 e. The lowest BCUT2D eigenvalue weighted by Gasteiger charge is -2.32. The number of amides is 1. The van der Waals surface area contributed by atoms with Gasteiger partial charge in [-0.15, -0.1) is 11.3 Å². The van der Waals surface area contributed by atoms with E-state index in [1.807, 2.05) is 30.8 Å². The Balaban J connectivity index is 1.49. The highest BCUT2D eigenvalue weighted by atomic mass is 32.1. The molecule has 2 aromatic heterocycles. The second kappa shape index (κ2) is 7.20. The lowest BCUT2D eigenvalue weighted by Crippen LogP contribution is -2.47. The van der Waals surface area contributed by atoms with Crippen molar-refractivity contribution in [2.24, 2.45) is 0 Å². The van der Waals surface area contributed by atoms with Gasteiger partial charge >= 0.3 is 0 Å². The van der Waals surface area contributed by atoms with Crippen molar-refractivity contribution in [2.45, 2.75) is 26.5 Å². The summed E-state index contributed by atoms with van der Waals surface area (Å²) in [5.74, 6) is -0.0292. The third-order valence-corrected chi connectivity index (χ3v) is 4.80. The molecule has 23 heavy (non-hydrogen) atoms. The van der Waals surface area contributed by atoms with Crippen molar-refractivity contribution in [3.05, 3.63) is 29.0 Å². The Morgan fingerprint density at radius 1 is 1.52 bits per heavy atom. The van der Waals surface area contributed by atoms with Gasteiger partial charge in [-0.25, -0.2) is 4.98 Å². The molecule has 1 saturated heterocycles. The molecule has 124 valence electrons. The molecule has 1 amide bonds. The van der Waals surface area contributed by atoms with E-state index in [9.17, 15) is 4.79 Å². The molecule has 3 heterocycles. The van der Waals surface area contributed by atoms with Crippen LogP contribution in [0.1, 0.15) is 10.6 Å². The van der Waals surface area contributed by atoms with Crippen molar-refractivity contribution in [3.63, 3.8) is 0 Å². The topological polar surface area (TPSA) is 72.3 Å². The summed E-state index contributed by atoms with van der Waals surface area (Å²) < 4.78 is 7.61. The van der Waals surface area contributed by atoms with E-state index in [4.69, 9.17) is 4.74 Å². The van der Waals surface area contributed by atoms with Crippen LogP contribution < -0.4 is 5.32 Å². The predicted molar refractivity (Wildman–Crippen MR) is 88.6 cm³/mol. The van der Waals surface area contributed by atoms with E-state index in [-0.39, 0.29) is 12.0 Å². The second-order valence-electron chi connectivity index (χ2n) is 5.66. The maximum atomic E-state index is 12.2. The number of hydrogen-bond donors (Lipinski definition) is 1. The maximum absolute atomic E-state index is 12.2. The standard InChI is InChI=1S/C15H21N5O2S/c1-11-12(2)23-15(17-11)18-14(21)10-19-6-7-22-13(8-19)9-20-5-3-4-16-20/h3-5,13H,6-10H2,1-2H3,(H,17,18,21)/t13-/m0/s1. The Bertz CT molecular complexity index is 635. The first kappa shape index (κ1) is 16.1. The molecule has 0 aromatic carbocycles. The number of hydrogen-bond acceptors (Lipinski definition) is 6. The van der Waals surface area contributed by atoms with E-state index < -0.39 is 0 Å². The number of carbonyl (C=O) groups is 1. The zero-order valence-corrected chi connectivity index (χ0v) is 14.2. The number of nitrogens with zero attached hydrogens (tertiary/aromatic N) is 4. The first-order valence-corrected chi connectivity index (χ1v) is 8.47. The molecule has 7 nitrogen and oxygen atoms in total. The van der Waals surface area contributed by atoms with Gasteiger partial charge in [-0.2, -0.15) is 5.10 Å². The number of morpholine rings is 1. The zero-order chi connectivity index (χ0) is 16.2. The molecule has 0 spiro atoms. The summed E-state index contributed by atoms with van der Waals surface area (Å²) in [6.45, 7) is 7.14. The zero-order valence-electron chi connectivity index (χ0n) is 13.4. The van der Waals surface area contributed by atoms with Gasteiger partial charge in [0.2, 0.25) is 5.91 Å². The summed E-state index contributed by atoms with van der Waals surface area (Å²) in [5, 5.41) is 7.75. The number of thiazole rings is 1. The third-order valence-electron chi connectivity index (χ3n) is 3.81. The summed E-state index contributed by atoms with van der Waals surface area (Å²) >= 11 is 1.51. The Labute approximate surface area is 139 Å². The number of aryl methyl sites for hydroxylation is 2. The summed E-state index contributed by atoms with van der Waals surface area (Å²) in [7, 11) is 0. The summed E-state index contributed by atoms with van der Waals surface area (Å²) in [4.78, 5) is 19.8. The van der Waals surface area contributed by atoms with Crippen LogP contribution in [0.3, 0.4) is 0 Å². The lowest BCUT2D eigenvalue weighted by atomic mass is 10.2. The molecule has 1 N–H and O–H groups in total. The maximum Gasteiger partial charge on any atom is 0.240 e. The molecule has 1 atom stereocenters. The molecule has 1 aliphatic rings. The Morgan fingerprint density at radius 2 is 2.39 bits per heavy atom. The average molecular weight is 335 g/mol. The number of nitrogens with one attached hydrogen (secondary N) is 1. The van der Waals surface area contributed by atoms with Crippen LogP contribution in [-0.2, 0) is 16.1 Å². The molecule has 1 fully saturated rings. The number of aromatic nitrogens is 3. The van der Waals surface area contributed by atoms with Crippen LogP contribution in [0.2, 0.25) is 0 Å². The van der Waals surface area contributed by atoms with Gasteiger partial charge in [0, 0.05) is 30.4 Å². The molecular weight excluding hydrogens is 314 g/mol. The normalized spacial score (nSPS) is 19.0. The van der Waals surface area contributed by atoms with Crippen LogP contribution in [0.15, 0.2) is 18.5 Å². The number of carbonyl (C=O) groups excluding carboxylic acids is 1. The third kappa shape index (κ3) is 4.37. The first-order chi connectivity index (χ1) is 11.1. The Morgan fingerprint density at radius 3 is 3.09 bits per heavy atom. The molecular formula is C15H21N5O2S. The van der Waals surface area contributed by atoms with Crippen molar-refractivity contribution in [1.29, 1.82) is 0 Å². The van der Waals surface area contributed by atoms with Gasteiger partial charge in [-0.05, 0) is 19.9 Å². The van der Waals surface area contributed by atoms with E-state index in [1.165, 1.54) is 11.3 Å². The molecule has 0 aliphatic carbocycles. The van der Waals surface area contributed by atoms with Crippen molar-refractivity contribution < 1.29 is 9.53 Å². The van der Waals surface area contributed by atoms with Crippen molar-refractivity contribution in [2.75, 3.05) is 31.6 Å². The fraction of sp³-hybridized carbons (Fsp3) is 0.533. The van der Waals surface area contributed by atoms with Crippen molar-refractivity contribution in [3.8, 4) is 0 Å². The predicted octanol–water partition coefficient (Wildman–Crippen LogP) is 1.30.